The van der Waals surface area contributed by atoms with E-state index in [-0.39, 0.29) is 6.61 Å². The summed E-state index contributed by atoms with van der Waals surface area (Å²) in [6.45, 7) is 3.21. The van der Waals surface area contributed by atoms with Gasteiger partial charge in [-0.25, -0.2) is 0 Å². The molecule has 1 atom stereocenters. The van der Waals surface area contributed by atoms with Gasteiger partial charge in [-0.3, -0.25) is 4.68 Å². The highest BCUT2D eigenvalue weighted by atomic mass is 16.3. The quantitative estimate of drug-likeness (QED) is 0.792. The van der Waals surface area contributed by atoms with Gasteiger partial charge >= 0.3 is 0 Å². The topological polar surface area (TPSA) is 41.3 Å². The van der Waals surface area contributed by atoms with E-state index in [2.05, 4.69) is 16.1 Å². The molecule has 2 rings (SSSR count). The van der Waals surface area contributed by atoms with Crippen LogP contribution in [0.1, 0.15) is 24.5 Å². The smallest absolute Gasteiger partial charge is 0.0668 e. The van der Waals surface area contributed by atoms with E-state index in [9.17, 15) is 0 Å². The normalized spacial score (nSPS) is 23.2. The van der Waals surface area contributed by atoms with Gasteiger partial charge in [-0.05, 0) is 25.5 Å². The molecule has 1 N–H and O–H groups in total. The molecule has 0 spiro atoms. The third-order valence-corrected chi connectivity index (χ3v) is 3.07. The van der Waals surface area contributed by atoms with Gasteiger partial charge in [0.1, 0.15) is 0 Å². The summed E-state index contributed by atoms with van der Waals surface area (Å²) in [5, 5.41) is 13.4. The molecule has 1 aromatic heterocycles. The first kappa shape index (κ1) is 10.6. The number of aryl methyl sites for hydroxylation is 1. The van der Waals surface area contributed by atoms with Gasteiger partial charge in [0.15, 0.2) is 0 Å². The number of hydrogen-bond acceptors (Lipinski definition) is 3. The van der Waals surface area contributed by atoms with Crippen molar-refractivity contribution in [1.29, 1.82) is 0 Å². The SMILES string of the molecule is Cn1ccc([C@H]2CCCN(CCO)C2)n1. The molecule has 1 aliphatic heterocycles. The zero-order chi connectivity index (χ0) is 10.7. The molecule has 15 heavy (non-hydrogen) atoms. The summed E-state index contributed by atoms with van der Waals surface area (Å²) < 4.78 is 1.86. The zero-order valence-corrected chi connectivity index (χ0v) is 9.26. The van der Waals surface area contributed by atoms with Gasteiger partial charge < -0.3 is 10.0 Å². The number of aliphatic hydroxyl groups is 1. The number of hydrogen-bond donors (Lipinski definition) is 1. The number of rotatable bonds is 3. The highest BCUT2D eigenvalue weighted by molar-refractivity contribution is 5.08. The van der Waals surface area contributed by atoms with E-state index in [0.29, 0.717) is 5.92 Å². The molecule has 0 aliphatic carbocycles. The highest BCUT2D eigenvalue weighted by Gasteiger charge is 2.22. The number of aromatic nitrogens is 2. The molecular weight excluding hydrogens is 190 g/mol. The average molecular weight is 209 g/mol. The highest BCUT2D eigenvalue weighted by Crippen LogP contribution is 2.24. The van der Waals surface area contributed by atoms with Crippen LogP contribution in [0.4, 0.5) is 0 Å². The van der Waals surface area contributed by atoms with Crippen molar-refractivity contribution in [3.63, 3.8) is 0 Å². The number of piperidine rings is 1. The second-order valence-electron chi connectivity index (χ2n) is 4.28. The van der Waals surface area contributed by atoms with E-state index in [1.165, 1.54) is 18.5 Å². The Bertz CT molecular complexity index is 309. The van der Waals surface area contributed by atoms with E-state index in [0.717, 1.165) is 19.6 Å². The average Bonchev–Trinajstić information content (AvgIpc) is 2.66. The molecule has 0 amide bonds. The molecule has 2 heterocycles. The summed E-state index contributed by atoms with van der Waals surface area (Å²) in [7, 11) is 1.96. The van der Waals surface area contributed by atoms with Crippen molar-refractivity contribution in [3.05, 3.63) is 18.0 Å². The van der Waals surface area contributed by atoms with Crippen LogP contribution in [-0.4, -0.2) is 46.0 Å². The van der Waals surface area contributed by atoms with Gasteiger partial charge in [0.05, 0.1) is 12.3 Å². The molecular formula is C11H19N3O. The van der Waals surface area contributed by atoms with Crippen molar-refractivity contribution in [2.45, 2.75) is 18.8 Å². The van der Waals surface area contributed by atoms with Gasteiger partial charge in [0, 0.05) is 32.3 Å². The van der Waals surface area contributed by atoms with Crippen molar-refractivity contribution >= 4 is 0 Å². The maximum Gasteiger partial charge on any atom is 0.0668 e. The summed E-state index contributed by atoms with van der Waals surface area (Å²) in [5.74, 6) is 0.548. The van der Waals surface area contributed by atoms with E-state index in [1.807, 2.05) is 17.9 Å². The lowest BCUT2D eigenvalue weighted by Gasteiger charge is -2.31. The van der Waals surface area contributed by atoms with Crippen molar-refractivity contribution in [1.82, 2.24) is 14.7 Å². The van der Waals surface area contributed by atoms with Crippen LogP contribution < -0.4 is 0 Å². The molecule has 4 nitrogen and oxygen atoms in total. The van der Waals surface area contributed by atoms with Crippen LogP contribution in [0.15, 0.2) is 12.3 Å². The first-order valence-electron chi connectivity index (χ1n) is 5.62. The molecule has 0 unspecified atom stereocenters. The molecule has 0 radical (unpaired) electrons. The Balaban J connectivity index is 1.98. The third-order valence-electron chi connectivity index (χ3n) is 3.07. The van der Waals surface area contributed by atoms with Crippen LogP contribution >= 0.6 is 0 Å². The monoisotopic (exact) mass is 209 g/mol. The first-order chi connectivity index (χ1) is 7.29. The van der Waals surface area contributed by atoms with E-state index >= 15 is 0 Å². The summed E-state index contributed by atoms with van der Waals surface area (Å²) in [6.07, 6.45) is 4.43. The predicted octanol–water partition coefficient (Wildman–Crippen LogP) is 0.592. The van der Waals surface area contributed by atoms with Gasteiger partial charge in [-0.15, -0.1) is 0 Å². The second kappa shape index (κ2) is 4.77. The Morgan fingerprint density at radius 2 is 2.47 bits per heavy atom. The fourth-order valence-electron chi connectivity index (χ4n) is 2.29. The molecule has 84 valence electrons. The molecule has 1 aliphatic rings. The molecule has 1 saturated heterocycles. The first-order valence-corrected chi connectivity index (χ1v) is 5.62. The maximum atomic E-state index is 8.92. The van der Waals surface area contributed by atoms with Crippen LogP contribution in [0.3, 0.4) is 0 Å². The standard InChI is InChI=1S/C11H19N3O/c1-13-6-4-11(12-13)10-3-2-5-14(9-10)7-8-15/h4,6,10,15H,2-3,5,7-9H2,1H3/t10-/m0/s1. The Hall–Kier alpha value is -0.870. The molecule has 0 bridgehead atoms. The number of likely N-dealkylation sites (tertiary alicyclic amines) is 1. The van der Waals surface area contributed by atoms with Gasteiger partial charge in [-0.1, -0.05) is 0 Å². The lowest BCUT2D eigenvalue weighted by atomic mass is 9.95. The molecule has 1 aromatic rings. The fraction of sp³-hybridized carbons (Fsp3) is 0.727. The molecule has 0 aromatic carbocycles. The third kappa shape index (κ3) is 2.58. The zero-order valence-electron chi connectivity index (χ0n) is 9.26. The number of aliphatic hydroxyl groups excluding tert-OH is 1. The minimum atomic E-state index is 0.259. The van der Waals surface area contributed by atoms with Gasteiger partial charge in [0.2, 0.25) is 0 Å². The van der Waals surface area contributed by atoms with E-state index in [4.69, 9.17) is 5.11 Å². The fourth-order valence-corrected chi connectivity index (χ4v) is 2.29. The maximum absolute atomic E-state index is 8.92. The molecule has 1 fully saturated rings. The van der Waals surface area contributed by atoms with Crippen LogP contribution in [0.5, 0.6) is 0 Å². The van der Waals surface area contributed by atoms with Gasteiger partial charge in [0.25, 0.3) is 0 Å². The van der Waals surface area contributed by atoms with Crippen molar-refractivity contribution in [2.24, 2.45) is 7.05 Å². The molecule has 0 saturated carbocycles. The molecule has 4 heteroatoms. The van der Waals surface area contributed by atoms with Crippen molar-refractivity contribution in [3.8, 4) is 0 Å². The van der Waals surface area contributed by atoms with Gasteiger partial charge in [-0.2, -0.15) is 5.10 Å². The Kier molecular flexibility index (Phi) is 3.38. The summed E-state index contributed by atoms with van der Waals surface area (Å²) in [5.41, 5.74) is 1.19. The Labute approximate surface area is 90.5 Å². The largest absolute Gasteiger partial charge is 0.395 e. The minimum absolute atomic E-state index is 0.259. The summed E-state index contributed by atoms with van der Waals surface area (Å²) >= 11 is 0. The number of nitrogens with zero attached hydrogens (tertiary/aromatic N) is 3. The van der Waals surface area contributed by atoms with Crippen LogP contribution in [0.25, 0.3) is 0 Å². The predicted molar refractivity (Wildman–Crippen MR) is 58.7 cm³/mol. The second-order valence-corrected chi connectivity index (χ2v) is 4.28. The number of β-amino-alcohol motifs (C(OH)–C–C–N with tert-alkyl or cyclic N) is 1. The lowest BCUT2D eigenvalue weighted by Crippen LogP contribution is -2.36. The summed E-state index contributed by atoms with van der Waals surface area (Å²) in [4.78, 5) is 2.32. The Morgan fingerprint density at radius 1 is 1.60 bits per heavy atom. The van der Waals surface area contributed by atoms with E-state index < -0.39 is 0 Å². The van der Waals surface area contributed by atoms with Crippen molar-refractivity contribution < 1.29 is 5.11 Å². The van der Waals surface area contributed by atoms with E-state index in [1.54, 1.807) is 0 Å². The van der Waals surface area contributed by atoms with Crippen LogP contribution in [0, 0.1) is 0 Å². The minimum Gasteiger partial charge on any atom is -0.395 e. The lowest BCUT2D eigenvalue weighted by molar-refractivity contribution is 0.160. The Morgan fingerprint density at radius 3 is 3.13 bits per heavy atom. The van der Waals surface area contributed by atoms with Crippen LogP contribution in [-0.2, 0) is 7.05 Å². The van der Waals surface area contributed by atoms with Crippen LogP contribution in [0.2, 0.25) is 0 Å². The van der Waals surface area contributed by atoms with Crippen molar-refractivity contribution in [2.75, 3.05) is 26.2 Å². The summed E-state index contributed by atoms with van der Waals surface area (Å²) in [6, 6.07) is 2.10.